The van der Waals surface area contributed by atoms with Crippen LogP contribution in [0, 0.1) is 25.5 Å². The number of aryl methyl sites for hydroxylation is 2. The molecule has 0 aliphatic heterocycles. The highest BCUT2D eigenvalue weighted by Crippen LogP contribution is 2.34. The minimum absolute atomic E-state index is 0.169. The van der Waals surface area contributed by atoms with Gasteiger partial charge < -0.3 is 5.11 Å². The first-order valence-electron chi connectivity index (χ1n) is 7.63. The minimum atomic E-state index is -1.18. The standard InChI is InChI=1S/C19H18F2N2O/c1-10-5-13(17(21)9-22-10)12-7-14-15(19(3,4)24)6-11(2)23-18(14)16(20)8-12/h5-9,24H,1-4H3. The van der Waals surface area contributed by atoms with Crippen molar-refractivity contribution in [1.29, 1.82) is 0 Å². The predicted molar refractivity (Wildman–Crippen MR) is 89.6 cm³/mol. The molecule has 1 N–H and O–H groups in total. The maximum absolute atomic E-state index is 14.6. The van der Waals surface area contributed by atoms with E-state index >= 15 is 0 Å². The summed E-state index contributed by atoms with van der Waals surface area (Å²) in [5.74, 6) is -1.07. The highest BCUT2D eigenvalue weighted by Gasteiger charge is 2.22. The van der Waals surface area contributed by atoms with Crippen LogP contribution in [0.3, 0.4) is 0 Å². The molecule has 0 aliphatic rings. The van der Waals surface area contributed by atoms with Gasteiger partial charge in [0.2, 0.25) is 0 Å². The van der Waals surface area contributed by atoms with Gasteiger partial charge in [0, 0.05) is 22.3 Å². The Hall–Kier alpha value is -2.40. The van der Waals surface area contributed by atoms with Crippen LogP contribution in [-0.4, -0.2) is 15.1 Å². The lowest BCUT2D eigenvalue weighted by molar-refractivity contribution is 0.0800. The fourth-order valence-electron chi connectivity index (χ4n) is 2.84. The molecule has 0 saturated carbocycles. The molecule has 0 unspecified atom stereocenters. The highest BCUT2D eigenvalue weighted by atomic mass is 19.1. The van der Waals surface area contributed by atoms with Crippen LogP contribution in [0.15, 0.2) is 30.5 Å². The average molecular weight is 328 g/mol. The van der Waals surface area contributed by atoms with Crippen LogP contribution in [-0.2, 0) is 5.60 Å². The average Bonchev–Trinajstić information content (AvgIpc) is 2.48. The number of fused-ring (bicyclic) bond motifs is 1. The number of benzene rings is 1. The highest BCUT2D eigenvalue weighted by molar-refractivity contribution is 5.88. The van der Waals surface area contributed by atoms with Crippen molar-refractivity contribution in [3.8, 4) is 11.1 Å². The van der Waals surface area contributed by atoms with Gasteiger partial charge in [0.15, 0.2) is 0 Å². The van der Waals surface area contributed by atoms with Crippen molar-refractivity contribution < 1.29 is 13.9 Å². The van der Waals surface area contributed by atoms with Crippen LogP contribution in [0.5, 0.6) is 0 Å². The van der Waals surface area contributed by atoms with Gasteiger partial charge in [-0.05, 0) is 63.1 Å². The molecule has 3 nitrogen and oxygen atoms in total. The molecule has 124 valence electrons. The van der Waals surface area contributed by atoms with Gasteiger partial charge in [-0.1, -0.05) is 0 Å². The summed E-state index contributed by atoms with van der Waals surface area (Å²) < 4.78 is 28.8. The van der Waals surface area contributed by atoms with Crippen molar-refractivity contribution >= 4 is 10.9 Å². The third-order valence-electron chi connectivity index (χ3n) is 3.96. The molecule has 0 spiro atoms. The molecule has 2 aromatic heterocycles. The molecule has 0 radical (unpaired) electrons. The summed E-state index contributed by atoms with van der Waals surface area (Å²) >= 11 is 0. The third kappa shape index (κ3) is 2.87. The molecular weight excluding hydrogens is 310 g/mol. The molecular formula is C19H18F2N2O. The Kier molecular flexibility index (Phi) is 3.84. The second kappa shape index (κ2) is 5.60. The zero-order chi connectivity index (χ0) is 17.6. The number of aliphatic hydroxyl groups is 1. The van der Waals surface area contributed by atoms with Crippen molar-refractivity contribution in [3.63, 3.8) is 0 Å². The van der Waals surface area contributed by atoms with Gasteiger partial charge in [0.1, 0.15) is 17.2 Å². The van der Waals surface area contributed by atoms with E-state index in [1.165, 1.54) is 6.07 Å². The molecule has 0 fully saturated rings. The van der Waals surface area contributed by atoms with E-state index in [4.69, 9.17) is 0 Å². The summed E-state index contributed by atoms with van der Waals surface area (Å²) in [5.41, 5.74) is 1.45. The minimum Gasteiger partial charge on any atom is -0.386 e. The lowest BCUT2D eigenvalue weighted by atomic mass is 9.92. The molecule has 0 atom stereocenters. The molecule has 0 saturated heterocycles. The molecule has 5 heteroatoms. The Bertz CT molecular complexity index is 946. The number of rotatable bonds is 2. The second-order valence-corrected chi connectivity index (χ2v) is 6.53. The molecule has 0 amide bonds. The quantitative estimate of drug-likeness (QED) is 0.757. The Morgan fingerprint density at radius 3 is 2.33 bits per heavy atom. The van der Waals surface area contributed by atoms with Gasteiger partial charge in [0.25, 0.3) is 0 Å². The molecule has 0 bridgehead atoms. The first-order valence-corrected chi connectivity index (χ1v) is 7.63. The number of hydrogen-bond donors (Lipinski definition) is 1. The number of hydrogen-bond acceptors (Lipinski definition) is 3. The summed E-state index contributed by atoms with van der Waals surface area (Å²) in [7, 11) is 0. The summed E-state index contributed by atoms with van der Waals surface area (Å²) in [4.78, 5) is 8.13. The van der Waals surface area contributed by atoms with E-state index in [0.717, 1.165) is 6.20 Å². The maximum Gasteiger partial charge on any atom is 0.150 e. The van der Waals surface area contributed by atoms with Crippen LogP contribution in [0.2, 0.25) is 0 Å². The SMILES string of the molecule is Cc1cc(-c2cc(F)c3nc(C)cc(C(C)(C)O)c3c2)c(F)cn1. The van der Waals surface area contributed by atoms with Crippen molar-refractivity contribution in [1.82, 2.24) is 9.97 Å². The summed E-state index contributed by atoms with van der Waals surface area (Å²) in [6.07, 6.45) is 1.12. The van der Waals surface area contributed by atoms with Gasteiger partial charge >= 0.3 is 0 Å². The summed E-state index contributed by atoms with van der Waals surface area (Å²) in [6, 6.07) is 6.22. The molecule has 0 aliphatic carbocycles. The van der Waals surface area contributed by atoms with Crippen LogP contribution >= 0.6 is 0 Å². The first-order chi connectivity index (χ1) is 11.2. The van der Waals surface area contributed by atoms with Crippen LogP contribution in [0.1, 0.15) is 30.8 Å². The topological polar surface area (TPSA) is 46.0 Å². The van der Waals surface area contributed by atoms with Crippen molar-refractivity contribution in [2.75, 3.05) is 0 Å². The summed E-state index contributed by atoms with van der Waals surface area (Å²) in [6.45, 7) is 6.74. The molecule has 24 heavy (non-hydrogen) atoms. The predicted octanol–water partition coefficient (Wildman–Crippen LogP) is 4.42. The van der Waals surface area contributed by atoms with E-state index < -0.39 is 17.2 Å². The van der Waals surface area contributed by atoms with E-state index in [9.17, 15) is 13.9 Å². The maximum atomic E-state index is 14.6. The van der Waals surface area contributed by atoms with Gasteiger partial charge in [-0.3, -0.25) is 9.97 Å². The van der Waals surface area contributed by atoms with Crippen LogP contribution in [0.25, 0.3) is 22.0 Å². The van der Waals surface area contributed by atoms with E-state index in [0.29, 0.717) is 27.9 Å². The van der Waals surface area contributed by atoms with E-state index in [-0.39, 0.29) is 11.1 Å². The first kappa shape index (κ1) is 16.5. The van der Waals surface area contributed by atoms with E-state index in [1.807, 2.05) is 0 Å². The fourth-order valence-corrected chi connectivity index (χ4v) is 2.84. The van der Waals surface area contributed by atoms with Crippen molar-refractivity contribution in [2.45, 2.75) is 33.3 Å². The Morgan fingerprint density at radius 2 is 1.67 bits per heavy atom. The molecule has 3 aromatic rings. The lowest BCUT2D eigenvalue weighted by Crippen LogP contribution is -2.17. The molecule has 3 rings (SSSR count). The number of pyridine rings is 2. The second-order valence-electron chi connectivity index (χ2n) is 6.53. The molecule has 1 aromatic carbocycles. The van der Waals surface area contributed by atoms with E-state index in [1.54, 1.807) is 45.9 Å². The van der Waals surface area contributed by atoms with Gasteiger partial charge in [-0.25, -0.2) is 8.78 Å². The van der Waals surface area contributed by atoms with Crippen LogP contribution < -0.4 is 0 Å². The van der Waals surface area contributed by atoms with Crippen molar-refractivity contribution in [3.05, 3.63) is 59.0 Å². The smallest absolute Gasteiger partial charge is 0.150 e. The van der Waals surface area contributed by atoms with Gasteiger partial charge in [-0.2, -0.15) is 0 Å². The third-order valence-corrected chi connectivity index (χ3v) is 3.96. The summed E-state index contributed by atoms with van der Waals surface area (Å²) in [5, 5.41) is 10.9. The Morgan fingerprint density at radius 1 is 0.958 bits per heavy atom. The lowest BCUT2D eigenvalue weighted by Gasteiger charge is -2.21. The Labute approximate surface area is 139 Å². The largest absolute Gasteiger partial charge is 0.386 e. The zero-order valence-corrected chi connectivity index (χ0v) is 14.0. The monoisotopic (exact) mass is 328 g/mol. The zero-order valence-electron chi connectivity index (χ0n) is 14.0. The van der Waals surface area contributed by atoms with E-state index in [2.05, 4.69) is 9.97 Å². The van der Waals surface area contributed by atoms with Crippen molar-refractivity contribution in [2.24, 2.45) is 0 Å². The Balaban J connectivity index is 2.38. The van der Waals surface area contributed by atoms with Crippen LogP contribution in [0.4, 0.5) is 8.78 Å². The van der Waals surface area contributed by atoms with Gasteiger partial charge in [-0.15, -0.1) is 0 Å². The van der Waals surface area contributed by atoms with Gasteiger partial charge in [0.05, 0.1) is 11.8 Å². The molecule has 2 heterocycles. The fraction of sp³-hybridized carbons (Fsp3) is 0.263. The normalized spacial score (nSPS) is 12.0. The number of aromatic nitrogens is 2. The number of nitrogens with zero attached hydrogens (tertiary/aromatic N) is 2. The number of halogens is 2.